The van der Waals surface area contributed by atoms with Crippen LogP contribution in [0.1, 0.15) is 46.7 Å². The number of likely N-dealkylation sites (tertiary alicyclic amines) is 1. The molecular formula is C23H22F3N3O4S. The third-order valence-electron chi connectivity index (χ3n) is 5.96. The van der Waals surface area contributed by atoms with E-state index < -0.39 is 30.3 Å². The highest BCUT2D eigenvalue weighted by atomic mass is 32.1. The molecule has 0 bridgehead atoms. The molecule has 34 heavy (non-hydrogen) atoms. The maximum absolute atomic E-state index is 13.7. The first-order valence-electron chi connectivity index (χ1n) is 10.7. The summed E-state index contributed by atoms with van der Waals surface area (Å²) in [5, 5.41) is 10.7. The van der Waals surface area contributed by atoms with Gasteiger partial charge in [0, 0.05) is 29.7 Å². The Hall–Kier alpha value is -3.10. The van der Waals surface area contributed by atoms with Crippen molar-refractivity contribution in [2.45, 2.75) is 43.9 Å². The van der Waals surface area contributed by atoms with Crippen molar-refractivity contribution >= 4 is 28.8 Å². The van der Waals surface area contributed by atoms with Gasteiger partial charge < -0.3 is 14.7 Å². The van der Waals surface area contributed by atoms with Gasteiger partial charge in [0.05, 0.1) is 12.2 Å². The van der Waals surface area contributed by atoms with Crippen LogP contribution in [-0.2, 0) is 11.0 Å². The zero-order valence-corrected chi connectivity index (χ0v) is 18.9. The molecule has 7 nitrogen and oxygen atoms in total. The van der Waals surface area contributed by atoms with E-state index in [-0.39, 0.29) is 47.1 Å². The van der Waals surface area contributed by atoms with Crippen molar-refractivity contribution in [2.24, 2.45) is 0 Å². The Morgan fingerprint density at radius 2 is 2.09 bits per heavy atom. The molecule has 1 aliphatic carbocycles. The lowest BCUT2D eigenvalue weighted by Gasteiger charge is -2.35. The lowest BCUT2D eigenvalue weighted by molar-refractivity contribution is -0.137. The number of benzene rings is 1. The van der Waals surface area contributed by atoms with Crippen LogP contribution in [0.15, 0.2) is 23.6 Å². The summed E-state index contributed by atoms with van der Waals surface area (Å²) >= 11 is 1.05. The van der Waals surface area contributed by atoms with Crippen molar-refractivity contribution in [2.75, 3.05) is 24.7 Å². The minimum atomic E-state index is -4.73. The molecule has 2 amide bonds. The number of carbonyl (C=O) groups excluding carboxylic acids is 2. The maximum atomic E-state index is 13.7. The van der Waals surface area contributed by atoms with Crippen LogP contribution in [0.25, 0.3) is 0 Å². The SMILES string of the molecule is C#Cc1nc(C(=O)N(c2cc(OCCO)cc(C(F)(F)F)c2)C2CCN(C3CCC3)C2=O)cs1. The van der Waals surface area contributed by atoms with Gasteiger partial charge in [-0.1, -0.05) is 0 Å². The third kappa shape index (κ3) is 4.74. The first-order valence-corrected chi connectivity index (χ1v) is 11.6. The summed E-state index contributed by atoms with van der Waals surface area (Å²) in [5.74, 6) is 1.12. The van der Waals surface area contributed by atoms with Gasteiger partial charge in [0.1, 0.15) is 24.1 Å². The minimum absolute atomic E-state index is 0.0527. The van der Waals surface area contributed by atoms with Crippen molar-refractivity contribution in [3.05, 3.63) is 39.8 Å². The maximum Gasteiger partial charge on any atom is 0.416 e. The van der Waals surface area contributed by atoms with E-state index in [0.29, 0.717) is 6.54 Å². The van der Waals surface area contributed by atoms with Crippen LogP contribution in [0.5, 0.6) is 5.75 Å². The van der Waals surface area contributed by atoms with Crippen LogP contribution < -0.4 is 9.64 Å². The van der Waals surface area contributed by atoms with Gasteiger partial charge in [-0.05, 0) is 43.7 Å². The third-order valence-corrected chi connectivity index (χ3v) is 6.73. The van der Waals surface area contributed by atoms with Crippen molar-refractivity contribution in [1.29, 1.82) is 0 Å². The number of alkyl halides is 3. The van der Waals surface area contributed by atoms with Gasteiger partial charge in [-0.3, -0.25) is 14.5 Å². The second-order valence-electron chi connectivity index (χ2n) is 8.06. The Morgan fingerprint density at radius 3 is 2.68 bits per heavy atom. The van der Waals surface area contributed by atoms with Crippen molar-refractivity contribution in [1.82, 2.24) is 9.88 Å². The smallest absolute Gasteiger partial charge is 0.416 e. The molecule has 1 atom stereocenters. The van der Waals surface area contributed by atoms with Crippen molar-refractivity contribution in [3.63, 3.8) is 0 Å². The van der Waals surface area contributed by atoms with Crippen molar-refractivity contribution in [3.8, 4) is 18.1 Å². The molecule has 1 unspecified atom stereocenters. The number of halogens is 3. The molecule has 2 heterocycles. The van der Waals surface area contributed by atoms with Crippen LogP contribution in [0, 0.1) is 12.3 Å². The summed E-state index contributed by atoms with van der Waals surface area (Å²) in [6.45, 7) is -0.221. The lowest BCUT2D eigenvalue weighted by atomic mass is 9.92. The highest BCUT2D eigenvalue weighted by Crippen LogP contribution is 2.38. The minimum Gasteiger partial charge on any atom is -0.491 e. The number of carbonyl (C=O) groups is 2. The summed E-state index contributed by atoms with van der Waals surface area (Å²) in [6.07, 6.45) is 3.65. The van der Waals surface area contributed by atoms with Gasteiger partial charge in [-0.2, -0.15) is 13.2 Å². The molecule has 4 rings (SSSR count). The first-order chi connectivity index (χ1) is 16.2. The Morgan fingerprint density at radius 1 is 1.32 bits per heavy atom. The number of anilines is 1. The molecule has 1 aromatic carbocycles. The van der Waals surface area contributed by atoms with Crippen molar-refractivity contribution < 1.29 is 32.6 Å². The summed E-state index contributed by atoms with van der Waals surface area (Å²) in [4.78, 5) is 33.7. The van der Waals surface area contributed by atoms with E-state index in [0.717, 1.165) is 47.6 Å². The van der Waals surface area contributed by atoms with Crippen LogP contribution >= 0.6 is 11.3 Å². The number of hydrogen-bond acceptors (Lipinski definition) is 6. The summed E-state index contributed by atoms with van der Waals surface area (Å²) in [6, 6.07) is 1.97. The molecule has 0 radical (unpaired) electrons. The number of terminal acetylenes is 1. The van der Waals surface area contributed by atoms with Crippen LogP contribution in [0.2, 0.25) is 0 Å². The molecule has 1 N–H and O–H groups in total. The molecule has 2 aromatic rings. The number of aliphatic hydroxyl groups is 1. The topological polar surface area (TPSA) is 83.0 Å². The molecule has 1 saturated carbocycles. The number of rotatable bonds is 7. The van der Waals surface area contributed by atoms with Gasteiger partial charge in [-0.15, -0.1) is 17.8 Å². The fraction of sp³-hybridized carbons (Fsp3) is 0.435. The molecular weight excluding hydrogens is 471 g/mol. The predicted molar refractivity (Wildman–Crippen MR) is 119 cm³/mol. The van der Waals surface area contributed by atoms with E-state index in [4.69, 9.17) is 16.3 Å². The van der Waals surface area contributed by atoms with E-state index in [9.17, 15) is 22.8 Å². The molecule has 11 heteroatoms. The second-order valence-corrected chi connectivity index (χ2v) is 8.92. The van der Waals surface area contributed by atoms with E-state index in [2.05, 4.69) is 10.9 Å². The van der Waals surface area contributed by atoms with Gasteiger partial charge in [0.2, 0.25) is 5.91 Å². The number of aromatic nitrogens is 1. The molecule has 2 aliphatic rings. The summed E-state index contributed by atoms with van der Waals surface area (Å²) < 4.78 is 46.2. The van der Waals surface area contributed by atoms with Gasteiger partial charge in [0.25, 0.3) is 5.91 Å². The monoisotopic (exact) mass is 493 g/mol. The molecule has 2 fully saturated rings. The number of hydrogen-bond donors (Lipinski definition) is 1. The molecule has 180 valence electrons. The Labute approximate surface area is 198 Å². The fourth-order valence-electron chi connectivity index (χ4n) is 4.12. The number of aliphatic hydroxyl groups excluding tert-OH is 1. The average molecular weight is 494 g/mol. The van der Waals surface area contributed by atoms with E-state index in [1.807, 2.05) is 0 Å². The Bertz CT molecular complexity index is 1120. The number of nitrogens with zero attached hydrogens (tertiary/aromatic N) is 3. The zero-order valence-electron chi connectivity index (χ0n) is 18.0. The van der Waals surface area contributed by atoms with Crippen LogP contribution in [0.4, 0.5) is 18.9 Å². The standard InChI is InChI=1S/C23H22F3N3O4S/c1-2-20-27-18(13-34-20)21(31)29(19-6-7-28(22(19)32)15-4-3-5-15)16-10-14(23(24,25)26)11-17(12-16)33-9-8-30/h1,10-13,15,19,30H,3-9H2. The molecule has 1 aromatic heterocycles. The number of amides is 2. The van der Waals surface area contributed by atoms with Gasteiger partial charge >= 0.3 is 6.18 Å². The predicted octanol–water partition coefficient (Wildman–Crippen LogP) is 3.31. The first kappa shape index (κ1) is 24.0. The van der Waals surface area contributed by atoms with Crippen LogP contribution in [-0.4, -0.2) is 58.6 Å². The number of ether oxygens (including phenoxy) is 1. The normalized spacial score (nSPS) is 18.5. The molecule has 1 saturated heterocycles. The largest absolute Gasteiger partial charge is 0.491 e. The summed E-state index contributed by atoms with van der Waals surface area (Å²) in [5.41, 5.74) is -1.24. The van der Waals surface area contributed by atoms with Gasteiger partial charge in [-0.25, -0.2) is 4.98 Å². The average Bonchev–Trinajstić information content (AvgIpc) is 3.39. The van der Waals surface area contributed by atoms with E-state index in [1.54, 1.807) is 4.90 Å². The highest BCUT2D eigenvalue weighted by molar-refractivity contribution is 7.10. The quantitative estimate of drug-likeness (QED) is 0.599. The Balaban J connectivity index is 1.78. The lowest BCUT2D eigenvalue weighted by Crippen LogP contribution is -2.49. The fourth-order valence-corrected chi connectivity index (χ4v) is 4.72. The number of thiazole rings is 1. The molecule has 1 aliphatic heterocycles. The van der Waals surface area contributed by atoms with Crippen LogP contribution in [0.3, 0.4) is 0 Å². The Kier molecular flexibility index (Phi) is 6.81. The highest BCUT2D eigenvalue weighted by Gasteiger charge is 2.44. The van der Waals surface area contributed by atoms with E-state index >= 15 is 0 Å². The molecule has 0 spiro atoms. The zero-order chi connectivity index (χ0) is 24.5. The van der Waals surface area contributed by atoms with E-state index in [1.165, 1.54) is 11.4 Å². The summed E-state index contributed by atoms with van der Waals surface area (Å²) in [7, 11) is 0. The second kappa shape index (κ2) is 9.64. The van der Waals surface area contributed by atoms with Gasteiger partial charge in [0.15, 0.2) is 5.01 Å².